The number of aromatic nitrogens is 2. The van der Waals surface area contributed by atoms with Gasteiger partial charge in [0.15, 0.2) is 5.82 Å². The Morgan fingerprint density at radius 1 is 1.08 bits per heavy atom. The molecule has 1 aliphatic rings. The number of aliphatic imine (C=N–C) groups is 1. The predicted octanol–water partition coefficient (Wildman–Crippen LogP) is 4.45. The van der Waals surface area contributed by atoms with Crippen molar-refractivity contribution >= 4 is 12.2 Å². The fourth-order valence-corrected chi connectivity index (χ4v) is 2.96. The van der Waals surface area contributed by atoms with E-state index in [1.165, 1.54) is 6.34 Å². The zero-order chi connectivity index (χ0) is 17.2. The minimum Gasteiger partial charge on any atom is -0.390 e. The molecule has 0 saturated heterocycles. The van der Waals surface area contributed by atoms with Gasteiger partial charge in [0.25, 0.3) is 0 Å². The molecule has 3 aromatic rings. The molecule has 1 aromatic carbocycles. The third-order valence-corrected chi connectivity index (χ3v) is 4.36. The number of hydrogen-bond donors (Lipinski definition) is 1. The molecule has 1 fully saturated rings. The summed E-state index contributed by atoms with van der Waals surface area (Å²) in [5.41, 5.74) is 9.70. The van der Waals surface area contributed by atoms with E-state index in [0.717, 1.165) is 40.8 Å². The van der Waals surface area contributed by atoms with Gasteiger partial charge in [0.05, 0.1) is 12.0 Å². The van der Waals surface area contributed by atoms with Crippen LogP contribution in [0.1, 0.15) is 24.3 Å². The lowest BCUT2D eigenvalue weighted by Gasteiger charge is -2.11. The first kappa shape index (κ1) is 15.4. The number of pyridine rings is 2. The first-order valence-electron chi connectivity index (χ1n) is 8.22. The quantitative estimate of drug-likeness (QED) is 0.567. The van der Waals surface area contributed by atoms with Gasteiger partial charge < -0.3 is 5.73 Å². The molecule has 2 aromatic heterocycles. The molecule has 2 N–H and O–H groups in total. The summed E-state index contributed by atoms with van der Waals surface area (Å²) in [6, 6.07) is 12.9. The van der Waals surface area contributed by atoms with Crippen molar-refractivity contribution in [2.45, 2.75) is 18.8 Å². The number of nitrogens with two attached hydrogens (primary N) is 1. The summed E-state index contributed by atoms with van der Waals surface area (Å²) < 4.78 is 14.1. The highest BCUT2D eigenvalue weighted by atomic mass is 19.1. The Kier molecular flexibility index (Phi) is 3.98. The van der Waals surface area contributed by atoms with E-state index in [1.54, 1.807) is 30.6 Å². The minimum absolute atomic E-state index is 0.130. The van der Waals surface area contributed by atoms with E-state index in [2.05, 4.69) is 15.0 Å². The van der Waals surface area contributed by atoms with Crippen molar-refractivity contribution < 1.29 is 4.39 Å². The van der Waals surface area contributed by atoms with Crippen LogP contribution < -0.4 is 5.73 Å². The molecule has 5 heteroatoms. The molecule has 0 aliphatic heterocycles. The lowest BCUT2D eigenvalue weighted by molar-refractivity contribution is 0.611. The van der Waals surface area contributed by atoms with Gasteiger partial charge in [-0.05, 0) is 60.7 Å². The fraction of sp³-hybridized carbons (Fsp3) is 0.150. The van der Waals surface area contributed by atoms with Crippen molar-refractivity contribution in [1.82, 2.24) is 9.97 Å². The van der Waals surface area contributed by atoms with Crippen molar-refractivity contribution in [2.75, 3.05) is 0 Å². The number of benzene rings is 1. The van der Waals surface area contributed by atoms with Gasteiger partial charge >= 0.3 is 0 Å². The monoisotopic (exact) mass is 332 g/mol. The Morgan fingerprint density at radius 2 is 1.92 bits per heavy atom. The molecule has 4 nitrogen and oxygen atoms in total. The second-order valence-corrected chi connectivity index (χ2v) is 6.09. The summed E-state index contributed by atoms with van der Waals surface area (Å²) in [5.74, 6) is 0.770. The minimum atomic E-state index is -0.130. The zero-order valence-electron chi connectivity index (χ0n) is 13.6. The van der Waals surface area contributed by atoms with E-state index in [9.17, 15) is 4.39 Å². The Hall–Kier alpha value is -3.08. The molecule has 0 bridgehead atoms. The smallest absolute Gasteiger partial charge is 0.153 e. The van der Waals surface area contributed by atoms with Gasteiger partial charge in [-0.15, -0.1) is 0 Å². The average Bonchev–Trinajstić information content (AvgIpc) is 3.48. The van der Waals surface area contributed by atoms with Gasteiger partial charge in [-0.2, -0.15) is 0 Å². The average molecular weight is 332 g/mol. The maximum absolute atomic E-state index is 14.1. The second kappa shape index (κ2) is 6.43. The standard InChI is InChI=1S/C20H17FN4/c21-18-7-5-14(10-17(18)13-3-4-13)20-16(2-1-9-23-20)15-6-8-19(24-11-15)25-12-22/h1-2,5-13H,3-4H2,(H2,22,24,25). The van der Waals surface area contributed by atoms with Crippen LogP contribution >= 0.6 is 0 Å². The summed E-state index contributed by atoms with van der Waals surface area (Å²) in [4.78, 5) is 12.8. The van der Waals surface area contributed by atoms with Gasteiger partial charge in [0.1, 0.15) is 5.82 Å². The molecule has 2 heterocycles. The van der Waals surface area contributed by atoms with Gasteiger partial charge in [-0.25, -0.2) is 14.4 Å². The molecule has 25 heavy (non-hydrogen) atoms. The highest BCUT2D eigenvalue weighted by Gasteiger charge is 2.27. The van der Waals surface area contributed by atoms with Crippen molar-refractivity contribution in [3.8, 4) is 22.4 Å². The molecular formula is C20H17FN4. The predicted molar refractivity (Wildman–Crippen MR) is 97.2 cm³/mol. The van der Waals surface area contributed by atoms with Crippen molar-refractivity contribution in [1.29, 1.82) is 0 Å². The van der Waals surface area contributed by atoms with Crippen LogP contribution in [-0.4, -0.2) is 16.3 Å². The van der Waals surface area contributed by atoms with Gasteiger partial charge in [0.2, 0.25) is 0 Å². The van der Waals surface area contributed by atoms with Crippen LogP contribution in [0.3, 0.4) is 0 Å². The summed E-state index contributed by atoms with van der Waals surface area (Å²) in [6.07, 6.45) is 6.83. The Morgan fingerprint density at radius 3 is 2.64 bits per heavy atom. The van der Waals surface area contributed by atoms with Gasteiger partial charge in [0, 0.05) is 29.1 Å². The normalized spacial score (nSPS) is 14.1. The summed E-state index contributed by atoms with van der Waals surface area (Å²) in [5, 5.41) is 0. The van der Waals surface area contributed by atoms with E-state index < -0.39 is 0 Å². The summed E-state index contributed by atoms with van der Waals surface area (Å²) in [7, 11) is 0. The summed E-state index contributed by atoms with van der Waals surface area (Å²) >= 11 is 0. The molecule has 0 unspecified atom stereocenters. The van der Waals surface area contributed by atoms with E-state index in [1.807, 2.05) is 24.3 Å². The molecule has 1 saturated carbocycles. The van der Waals surface area contributed by atoms with E-state index in [-0.39, 0.29) is 5.82 Å². The maximum atomic E-state index is 14.1. The van der Waals surface area contributed by atoms with E-state index in [0.29, 0.717) is 11.7 Å². The first-order valence-corrected chi connectivity index (χ1v) is 8.22. The highest BCUT2D eigenvalue weighted by molar-refractivity contribution is 5.80. The van der Waals surface area contributed by atoms with Crippen molar-refractivity contribution in [3.05, 3.63) is 66.2 Å². The van der Waals surface area contributed by atoms with Crippen molar-refractivity contribution in [2.24, 2.45) is 10.7 Å². The van der Waals surface area contributed by atoms with Crippen LogP contribution in [0.2, 0.25) is 0 Å². The Balaban J connectivity index is 1.78. The lowest BCUT2D eigenvalue weighted by Crippen LogP contribution is -1.93. The number of nitrogens with zero attached hydrogens (tertiary/aromatic N) is 3. The van der Waals surface area contributed by atoms with Gasteiger partial charge in [-0.1, -0.05) is 6.07 Å². The number of hydrogen-bond acceptors (Lipinski definition) is 3. The fourth-order valence-electron chi connectivity index (χ4n) is 2.96. The maximum Gasteiger partial charge on any atom is 0.153 e. The Labute approximate surface area is 145 Å². The third-order valence-electron chi connectivity index (χ3n) is 4.36. The van der Waals surface area contributed by atoms with Crippen LogP contribution in [0.4, 0.5) is 10.2 Å². The van der Waals surface area contributed by atoms with Crippen molar-refractivity contribution in [3.63, 3.8) is 0 Å². The number of rotatable bonds is 4. The van der Waals surface area contributed by atoms with Gasteiger partial charge in [-0.3, -0.25) is 4.98 Å². The first-order chi connectivity index (χ1) is 12.3. The molecule has 0 amide bonds. The second-order valence-electron chi connectivity index (χ2n) is 6.09. The molecule has 4 rings (SSSR count). The molecular weight excluding hydrogens is 315 g/mol. The van der Waals surface area contributed by atoms with Crippen LogP contribution in [0, 0.1) is 5.82 Å². The van der Waals surface area contributed by atoms with Crippen LogP contribution in [0.15, 0.2) is 59.9 Å². The van der Waals surface area contributed by atoms with E-state index in [4.69, 9.17) is 5.73 Å². The van der Waals surface area contributed by atoms with E-state index >= 15 is 0 Å². The highest BCUT2D eigenvalue weighted by Crippen LogP contribution is 2.43. The van der Waals surface area contributed by atoms with Crippen LogP contribution in [0.5, 0.6) is 0 Å². The molecule has 1 aliphatic carbocycles. The number of halogens is 1. The lowest BCUT2D eigenvalue weighted by atomic mass is 9.98. The van der Waals surface area contributed by atoms with Crippen LogP contribution in [0.25, 0.3) is 22.4 Å². The SMILES string of the molecule is NC=Nc1ccc(-c2cccnc2-c2ccc(F)c(C3CC3)c2)cn1. The molecule has 0 radical (unpaired) electrons. The zero-order valence-corrected chi connectivity index (χ0v) is 13.6. The molecule has 0 spiro atoms. The molecule has 0 atom stereocenters. The molecule has 124 valence electrons. The Bertz CT molecular complexity index is 931. The largest absolute Gasteiger partial charge is 0.390 e. The van der Waals surface area contributed by atoms with Crippen LogP contribution in [-0.2, 0) is 0 Å². The topological polar surface area (TPSA) is 64.2 Å². The summed E-state index contributed by atoms with van der Waals surface area (Å²) in [6.45, 7) is 0. The third kappa shape index (κ3) is 3.13.